The Morgan fingerprint density at radius 1 is 1.21 bits per heavy atom. The molecule has 0 bridgehead atoms. The lowest BCUT2D eigenvalue weighted by Gasteiger charge is -2.18. The number of hydrogen-bond donors (Lipinski definition) is 3. The number of carbonyl (C=O) groups excluding carboxylic acids is 1. The molecular formula is C25H24FN6O+. The molecule has 1 atom stereocenters. The molecule has 2 aromatic heterocycles. The van der Waals surface area contributed by atoms with Gasteiger partial charge < -0.3 is 5.32 Å². The minimum absolute atomic E-state index is 0.0887. The average molecular weight is 444 g/mol. The molecule has 1 fully saturated rings. The van der Waals surface area contributed by atoms with Crippen molar-refractivity contribution in [1.82, 2.24) is 15.3 Å². The third-order valence-corrected chi connectivity index (χ3v) is 5.93. The number of allylic oxidation sites excluding steroid dienone is 3. The number of amides is 1. The highest BCUT2D eigenvalue weighted by atomic mass is 19.1. The smallest absolute Gasteiger partial charge is 0.253 e. The summed E-state index contributed by atoms with van der Waals surface area (Å²) in [5.74, 6) is 0.252. The van der Waals surface area contributed by atoms with E-state index in [1.807, 2.05) is 29.6 Å². The van der Waals surface area contributed by atoms with E-state index in [1.165, 1.54) is 0 Å². The van der Waals surface area contributed by atoms with Crippen LogP contribution in [0.1, 0.15) is 30.5 Å². The maximum atomic E-state index is 14.8. The van der Waals surface area contributed by atoms with Crippen LogP contribution in [0.3, 0.4) is 0 Å². The third kappa shape index (κ3) is 4.70. The first-order chi connectivity index (χ1) is 16.1. The molecule has 33 heavy (non-hydrogen) atoms. The summed E-state index contributed by atoms with van der Waals surface area (Å²) < 4.78 is 14.8. The van der Waals surface area contributed by atoms with Gasteiger partial charge in [0.25, 0.3) is 5.82 Å². The number of carbonyl (C=O) groups is 1. The Kier molecular flexibility index (Phi) is 5.75. The molecule has 2 aliphatic rings. The zero-order valence-electron chi connectivity index (χ0n) is 18.0. The molecule has 0 aliphatic heterocycles. The summed E-state index contributed by atoms with van der Waals surface area (Å²) in [7, 11) is 0. The monoisotopic (exact) mass is 443 g/mol. The minimum atomic E-state index is -1.37. The van der Waals surface area contributed by atoms with E-state index in [-0.39, 0.29) is 23.9 Å². The SMILES string of the molecule is N=Nc1ccc(C2=CC=C(C(=O)NC3CC3)C(F)C2)nc1[NH2+]Cc1ccc2ncccc2c1. The number of nitrogens with one attached hydrogen (secondary N) is 2. The standard InChI is InChI=1S/C25H23FN6O/c26-20-13-17(4-7-19(20)25(33)30-18-5-6-18)22-9-10-23(32-27)24(31-22)29-14-15-3-8-21-16(12-15)2-1-11-28-21/h1-4,7-12,18,20,27H,5-6,13-14H2,(H,29,31)(H,30,33)/p+1. The molecule has 1 unspecified atom stereocenters. The van der Waals surface area contributed by atoms with Crippen LogP contribution in [0.15, 0.2) is 71.5 Å². The second-order valence-electron chi connectivity index (χ2n) is 8.38. The zero-order chi connectivity index (χ0) is 22.8. The fraction of sp³-hybridized carbons (Fsp3) is 0.240. The Hall–Kier alpha value is -3.78. The molecular weight excluding hydrogens is 419 g/mol. The summed E-state index contributed by atoms with van der Waals surface area (Å²) in [6.07, 6.45) is 5.73. The van der Waals surface area contributed by atoms with Crippen LogP contribution in [-0.2, 0) is 11.3 Å². The van der Waals surface area contributed by atoms with Crippen molar-refractivity contribution >= 4 is 33.9 Å². The quantitative estimate of drug-likeness (QED) is 0.480. The second-order valence-corrected chi connectivity index (χ2v) is 8.38. The molecule has 8 heteroatoms. The molecule has 7 nitrogen and oxygen atoms in total. The van der Waals surface area contributed by atoms with Crippen LogP contribution in [0, 0.1) is 5.53 Å². The number of nitrogens with two attached hydrogens (primary N) is 1. The first kappa shape index (κ1) is 21.1. The van der Waals surface area contributed by atoms with Gasteiger partial charge in [0.05, 0.1) is 16.8 Å². The number of fused-ring (bicyclic) bond motifs is 1. The molecule has 4 N–H and O–H groups in total. The van der Waals surface area contributed by atoms with E-state index in [0.717, 1.165) is 29.3 Å². The Balaban J connectivity index is 1.35. The van der Waals surface area contributed by atoms with Crippen molar-refractivity contribution in [2.24, 2.45) is 5.11 Å². The van der Waals surface area contributed by atoms with Gasteiger partial charge in [-0.3, -0.25) is 15.1 Å². The van der Waals surface area contributed by atoms with Gasteiger partial charge in [-0.25, -0.2) is 9.92 Å². The van der Waals surface area contributed by atoms with Crippen molar-refractivity contribution in [3.8, 4) is 0 Å². The van der Waals surface area contributed by atoms with Gasteiger partial charge in [-0.05, 0) is 48.7 Å². The summed E-state index contributed by atoms with van der Waals surface area (Å²) in [5, 5.41) is 9.42. The van der Waals surface area contributed by atoms with Crippen molar-refractivity contribution in [2.45, 2.75) is 38.0 Å². The van der Waals surface area contributed by atoms with E-state index in [9.17, 15) is 9.18 Å². The number of alkyl halides is 1. The lowest BCUT2D eigenvalue weighted by atomic mass is 9.93. The van der Waals surface area contributed by atoms with Crippen LogP contribution in [0.25, 0.3) is 16.5 Å². The summed E-state index contributed by atoms with van der Waals surface area (Å²) in [5.41, 5.74) is 11.5. The summed E-state index contributed by atoms with van der Waals surface area (Å²) in [6.45, 7) is 0.611. The Labute approximate surface area is 190 Å². The molecule has 3 aromatic rings. The topological polar surface area (TPSA) is 108 Å². The van der Waals surface area contributed by atoms with Crippen LogP contribution in [0.5, 0.6) is 0 Å². The largest absolute Gasteiger partial charge is 0.349 e. The number of hydrogen-bond acceptors (Lipinski definition) is 5. The zero-order valence-corrected chi connectivity index (χ0v) is 18.0. The Bertz CT molecular complexity index is 1300. The number of rotatable bonds is 7. The van der Waals surface area contributed by atoms with Gasteiger partial charge in [0.1, 0.15) is 12.7 Å². The Morgan fingerprint density at radius 2 is 2.09 bits per heavy atom. The van der Waals surface area contributed by atoms with E-state index in [1.54, 1.807) is 30.5 Å². The molecule has 0 spiro atoms. The molecule has 1 amide bonds. The van der Waals surface area contributed by atoms with Gasteiger partial charge in [0, 0.05) is 29.6 Å². The molecule has 0 radical (unpaired) electrons. The Morgan fingerprint density at radius 3 is 2.88 bits per heavy atom. The highest BCUT2D eigenvalue weighted by molar-refractivity contribution is 5.96. The van der Waals surface area contributed by atoms with E-state index in [0.29, 0.717) is 29.3 Å². The molecule has 0 saturated heterocycles. The molecule has 5 rings (SSSR count). The summed E-state index contributed by atoms with van der Waals surface area (Å²) >= 11 is 0. The normalized spacial score (nSPS) is 17.9. The molecule has 1 aromatic carbocycles. The van der Waals surface area contributed by atoms with Crippen LogP contribution in [-0.4, -0.2) is 28.1 Å². The highest BCUT2D eigenvalue weighted by Crippen LogP contribution is 2.31. The average Bonchev–Trinajstić information content (AvgIpc) is 3.66. The lowest BCUT2D eigenvalue weighted by molar-refractivity contribution is -0.591. The van der Waals surface area contributed by atoms with Crippen molar-refractivity contribution in [3.05, 3.63) is 77.6 Å². The van der Waals surface area contributed by atoms with Gasteiger partial charge in [0.15, 0.2) is 5.69 Å². The molecule has 2 heterocycles. The lowest BCUT2D eigenvalue weighted by Crippen LogP contribution is -2.76. The van der Waals surface area contributed by atoms with Gasteiger partial charge in [-0.1, -0.05) is 24.3 Å². The van der Waals surface area contributed by atoms with Crippen molar-refractivity contribution < 1.29 is 14.5 Å². The molecule has 1 saturated carbocycles. The minimum Gasteiger partial charge on any atom is -0.349 e. The van der Waals surface area contributed by atoms with Crippen LogP contribution >= 0.6 is 0 Å². The van der Waals surface area contributed by atoms with E-state index in [4.69, 9.17) is 5.53 Å². The van der Waals surface area contributed by atoms with Gasteiger partial charge in [-0.15, -0.1) is 0 Å². The summed E-state index contributed by atoms with van der Waals surface area (Å²) in [4.78, 5) is 21.2. The van der Waals surface area contributed by atoms with Gasteiger partial charge in [-0.2, -0.15) is 10.1 Å². The first-order valence-corrected chi connectivity index (χ1v) is 11.0. The second kappa shape index (κ2) is 8.99. The highest BCUT2D eigenvalue weighted by Gasteiger charge is 2.30. The number of halogens is 1. The van der Waals surface area contributed by atoms with Gasteiger partial charge >= 0.3 is 0 Å². The third-order valence-electron chi connectivity index (χ3n) is 5.93. The maximum Gasteiger partial charge on any atom is 0.253 e. The van der Waals surface area contributed by atoms with Crippen LogP contribution < -0.4 is 10.6 Å². The van der Waals surface area contributed by atoms with E-state index in [2.05, 4.69) is 26.5 Å². The van der Waals surface area contributed by atoms with E-state index < -0.39 is 6.17 Å². The van der Waals surface area contributed by atoms with Crippen molar-refractivity contribution in [3.63, 3.8) is 0 Å². The number of quaternary nitrogens is 1. The number of benzene rings is 1. The number of pyridine rings is 2. The first-order valence-electron chi connectivity index (χ1n) is 11.0. The van der Waals surface area contributed by atoms with Crippen molar-refractivity contribution in [1.29, 1.82) is 5.53 Å². The van der Waals surface area contributed by atoms with Crippen LogP contribution in [0.4, 0.5) is 15.9 Å². The fourth-order valence-corrected chi connectivity index (χ4v) is 3.93. The fourth-order valence-electron chi connectivity index (χ4n) is 3.93. The van der Waals surface area contributed by atoms with Gasteiger partial charge in [0.2, 0.25) is 5.91 Å². The maximum absolute atomic E-state index is 14.8. The number of nitrogens with zero attached hydrogens (tertiary/aromatic N) is 3. The van der Waals surface area contributed by atoms with E-state index >= 15 is 0 Å². The number of aromatic nitrogens is 2. The molecule has 166 valence electrons. The molecule has 2 aliphatic carbocycles. The summed E-state index contributed by atoms with van der Waals surface area (Å²) in [6, 6.07) is 13.7. The van der Waals surface area contributed by atoms with Crippen LogP contribution in [0.2, 0.25) is 0 Å². The van der Waals surface area contributed by atoms with Crippen molar-refractivity contribution in [2.75, 3.05) is 0 Å². The predicted octanol–water partition coefficient (Wildman–Crippen LogP) is 4.02. The predicted molar refractivity (Wildman–Crippen MR) is 123 cm³/mol.